The van der Waals surface area contributed by atoms with Crippen LogP contribution in [0.2, 0.25) is 0 Å². The maximum absolute atomic E-state index is 11.7. The third kappa shape index (κ3) is 5.30. The number of nitrogens with zero attached hydrogens (tertiary/aromatic N) is 1. The molecule has 0 aliphatic carbocycles. The zero-order chi connectivity index (χ0) is 16.7. The summed E-state index contributed by atoms with van der Waals surface area (Å²) in [4.78, 5) is 22.9. The van der Waals surface area contributed by atoms with Gasteiger partial charge in [-0.05, 0) is 29.8 Å². The van der Waals surface area contributed by atoms with Gasteiger partial charge in [-0.15, -0.1) is 11.8 Å². The predicted octanol–water partition coefficient (Wildman–Crippen LogP) is 3.44. The minimum absolute atomic E-state index is 0.0175. The van der Waals surface area contributed by atoms with E-state index in [1.165, 1.54) is 23.9 Å². The predicted molar refractivity (Wildman–Crippen MR) is 86.6 cm³/mol. The van der Waals surface area contributed by atoms with E-state index in [4.69, 9.17) is 9.47 Å². The van der Waals surface area contributed by atoms with Crippen LogP contribution in [0.3, 0.4) is 0 Å². The molecule has 0 heterocycles. The molecule has 0 radical (unpaired) electrons. The van der Waals surface area contributed by atoms with Crippen LogP contribution in [-0.4, -0.2) is 23.8 Å². The van der Waals surface area contributed by atoms with Crippen molar-refractivity contribution in [1.29, 1.82) is 0 Å². The Balaban J connectivity index is 1.80. The Morgan fingerprint density at radius 2 is 1.96 bits per heavy atom. The van der Waals surface area contributed by atoms with Gasteiger partial charge in [-0.25, -0.2) is 0 Å². The molecule has 6 nitrogen and oxygen atoms in total. The lowest BCUT2D eigenvalue weighted by atomic mass is 10.2. The molecule has 2 rings (SSSR count). The van der Waals surface area contributed by atoms with E-state index in [-0.39, 0.29) is 24.0 Å². The summed E-state index contributed by atoms with van der Waals surface area (Å²) < 4.78 is 10.2. The summed E-state index contributed by atoms with van der Waals surface area (Å²) in [6.07, 6.45) is 0. The van der Waals surface area contributed by atoms with E-state index in [2.05, 4.69) is 0 Å². The van der Waals surface area contributed by atoms with Crippen molar-refractivity contribution in [3.8, 4) is 5.75 Å². The zero-order valence-electron chi connectivity index (χ0n) is 12.4. The van der Waals surface area contributed by atoms with Gasteiger partial charge in [0.1, 0.15) is 12.4 Å². The maximum Gasteiger partial charge on any atom is 0.316 e. The highest BCUT2D eigenvalue weighted by Crippen LogP contribution is 2.21. The van der Waals surface area contributed by atoms with E-state index in [9.17, 15) is 14.9 Å². The fourth-order valence-corrected chi connectivity index (χ4v) is 2.48. The average molecular weight is 333 g/mol. The van der Waals surface area contributed by atoms with Crippen LogP contribution in [0.15, 0.2) is 53.4 Å². The number of carbonyl (C=O) groups excluding carboxylic acids is 1. The molecule has 2 aromatic carbocycles. The molecule has 0 aromatic heterocycles. The van der Waals surface area contributed by atoms with Crippen molar-refractivity contribution >= 4 is 23.4 Å². The first-order valence-electron chi connectivity index (χ1n) is 6.74. The number of hydrogen-bond acceptors (Lipinski definition) is 6. The van der Waals surface area contributed by atoms with E-state index >= 15 is 0 Å². The highest BCUT2D eigenvalue weighted by Gasteiger charge is 2.08. The lowest BCUT2D eigenvalue weighted by Gasteiger charge is -2.05. The quantitative estimate of drug-likeness (QED) is 0.334. The number of benzene rings is 2. The smallest absolute Gasteiger partial charge is 0.316 e. The number of rotatable bonds is 7. The van der Waals surface area contributed by atoms with Gasteiger partial charge in [0.2, 0.25) is 0 Å². The Bertz CT molecular complexity index is 687. The number of non-ortho nitro benzene ring substituents is 1. The van der Waals surface area contributed by atoms with Crippen LogP contribution in [0.5, 0.6) is 5.75 Å². The van der Waals surface area contributed by atoms with Crippen molar-refractivity contribution in [2.45, 2.75) is 11.5 Å². The SMILES string of the molecule is COc1ccc(SCC(=O)OCc2cccc([N+](=O)[O-])c2)cc1. The number of hydrogen-bond donors (Lipinski definition) is 0. The molecule has 0 N–H and O–H groups in total. The van der Waals surface area contributed by atoms with Crippen molar-refractivity contribution in [3.63, 3.8) is 0 Å². The van der Waals surface area contributed by atoms with Crippen LogP contribution in [0.1, 0.15) is 5.56 Å². The van der Waals surface area contributed by atoms with Gasteiger partial charge in [-0.3, -0.25) is 14.9 Å². The summed E-state index contributed by atoms with van der Waals surface area (Å²) in [5.74, 6) is 0.543. The van der Waals surface area contributed by atoms with Gasteiger partial charge in [0.05, 0.1) is 17.8 Å². The molecule has 0 saturated heterocycles. The van der Waals surface area contributed by atoms with Crippen LogP contribution >= 0.6 is 11.8 Å². The van der Waals surface area contributed by atoms with Gasteiger partial charge in [-0.2, -0.15) is 0 Å². The second-order valence-electron chi connectivity index (χ2n) is 4.55. The molecule has 0 saturated carbocycles. The minimum Gasteiger partial charge on any atom is -0.497 e. The lowest BCUT2D eigenvalue weighted by Crippen LogP contribution is -2.07. The summed E-state index contributed by atoms with van der Waals surface area (Å²) in [7, 11) is 1.59. The minimum atomic E-state index is -0.481. The first-order valence-corrected chi connectivity index (χ1v) is 7.73. The normalized spacial score (nSPS) is 10.1. The molecule has 120 valence electrons. The largest absolute Gasteiger partial charge is 0.497 e. The number of methoxy groups -OCH3 is 1. The fraction of sp³-hybridized carbons (Fsp3) is 0.188. The average Bonchev–Trinajstić information content (AvgIpc) is 2.58. The lowest BCUT2D eigenvalue weighted by molar-refractivity contribution is -0.384. The van der Waals surface area contributed by atoms with Gasteiger partial charge in [-0.1, -0.05) is 12.1 Å². The molecule has 23 heavy (non-hydrogen) atoms. The molecule has 0 fully saturated rings. The molecule has 2 aromatic rings. The van der Waals surface area contributed by atoms with Crippen molar-refractivity contribution in [3.05, 3.63) is 64.2 Å². The zero-order valence-corrected chi connectivity index (χ0v) is 13.2. The molecular formula is C16H15NO5S. The molecule has 0 amide bonds. The van der Waals surface area contributed by atoms with Gasteiger partial charge < -0.3 is 9.47 Å². The van der Waals surface area contributed by atoms with Crippen LogP contribution in [-0.2, 0) is 16.1 Å². The van der Waals surface area contributed by atoms with E-state index in [1.54, 1.807) is 19.2 Å². The van der Waals surface area contributed by atoms with Crippen molar-refractivity contribution < 1.29 is 19.2 Å². The molecule has 7 heteroatoms. The van der Waals surface area contributed by atoms with Crippen LogP contribution < -0.4 is 4.74 Å². The summed E-state index contributed by atoms with van der Waals surface area (Å²) in [5, 5.41) is 10.7. The highest BCUT2D eigenvalue weighted by atomic mass is 32.2. The monoisotopic (exact) mass is 333 g/mol. The summed E-state index contributed by atoms with van der Waals surface area (Å²) in [6.45, 7) is 0.0175. The van der Waals surface area contributed by atoms with Gasteiger partial charge >= 0.3 is 5.97 Å². The Morgan fingerprint density at radius 3 is 2.61 bits per heavy atom. The molecule has 0 aliphatic heterocycles. The fourth-order valence-electron chi connectivity index (χ4n) is 1.78. The summed E-state index contributed by atoms with van der Waals surface area (Å²) in [5.41, 5.74) is 0.563. The summed E-state index contributed by atoms with van der Waals surface area (Å²) in [6, 6.07) is 13.4. The molecule has 0 bridgehead atoms. The van der Waals surface area contributed by atoms with Crippen LogP contribution in [0.4, 0.5) is 5.69 Å². The van der Waals surface area contributed by atoms with E-state index in [0.717, 1.165) is 10.6 Å². The number of carbonyl (C=O) groups is 1. The number of nitro groups is 1. The topological polar surface area (TPSA) is 78.7 Å². The van der Waals surface area contributed by atoms with Gasteiger partial charge in [0.25, 0.3) is 5.69 Å². The number of thioether (sulfide) groups is 1. The van der Waals surface area contributed by atoms with Crippen LogP contribution in [0.25, 0.3) is 0 Å². The maximum atomic E-state index is 11.7. The molecule has 0 aliphatic rings. The molecular weight excluding hydrogens is 318 g/mol. The molecule has 0 spiro atoms. The Labute approximate surface area is 137 Å². The second kappa shape index (κ2) is 8.19. The van der Waals surface area contributed by atoms with E-state index < -0.39 is 4.92 Å². The van der Waals surface area contributed by atoms with Crippen molar-refractivity contribution in [1.82, 2.24) is 0 Å². The highest BCUT2D eigenvalue weighted by molar-refractivity contribution is 8.00. The summed E-state index contributed by atoms with van der Waals surface area (Å²) >= 11 is 1.35. The molecule has 0 unspecified atom stereocenters. The van der Waals surface area contributed by atoms with E-state index in [0.29, 0.717) is 5.56 Å². The first-order chi connectivity index (χ1) is 11.1. The second-order valence-corrected chi connectivity index (χ2v) is 5.60. The third-order valence-corrected chi connectivity index (χ3v) is 3.92. The van der Waals surface area contributed by atoms with E-state index in [1.807, 2.05) is 24.3 Å². The number of esters is 1. The Morgan fingerprint density at radius 1 is 1.22 bits per heavy atom. The van der Waals surface area contributed by atoms with Crippen molar-refractivity contribution in [2.24, 2.45) is 0 Å². The molecule has 0 atom stereocenters. The number of ether oxygens (including phenoxy) is 2. The number of nitro benzene ring substituents is 1. The van der Waals surface area contributed by atoms with Gasteiger partial charge in [0.15, 0.2) is 0 Å². The third-order valence-electron chi connectivity index (χ3n) is 2.94. The van der Waals surface area contributed by atoms with Crippen LogP contribution in [0, 0.1) is 10.1 Å². The Hall–Kier alpha value is -2.54. The first kappa shape index (κ1) is 16.8. The Kier molecular flexibility index (Phi) is 5.99. The standard InChI is InChI=1S/C16H15NO5S/c1-21-14-5-7-15(8-6-14)23-11-16(18)22-10-12-3-2-4-13(9-12)17(19)20/h2-9H,10-11H2,1H3. The van der Waals surface area contributed by atoms with Crippen molar-refractivity contribution in [2.75, 3.05) is 12.9 Å². The van der Waals surface area contributed by atoms with Gasteiger partial charge in [0, 0.05) is 17.0 Å².